The van der Waals surface area contributed by atoms with Gasteiger partial charge in [-0.3, -0.25) is 4.79 Å². The van der Waals surface area contributed by atoms with E-state index in [-0.39, 0.29) is 17.6 Å². The molecule has 0 spiro atoms. The number of anilines is 3. The molecule has 1 amide bonds. The van der Waals surface area contributed by atoms with Gasteiger partial charge in [-0.2, -0.15) is 5.26 Å². The number of aryl methyl sites for hydroxylation is 2. The molecule has 204 valence electrons. The van der Waals surface area contributed by atoms with Crippen molar-refractivity contribution in [3.8, 4) is 6.07 Å². The molecule has 2 aliphatic rings. The third-order valence-corrected chi connectivity index (χ3v) is 7.90. The van der Waals surface area contributed by atoms with Crippen molar-refractivity contribution in [3.05, 3.63) is 63.4 Å². The number of nitriles is 1. The van der Waals surface area contributed by atoms with Gasteiger partial charge in [0.15, 0.2) is 0 Å². The molecule has 5 rings (SSSR count). The summed E-state index contributed by atoms with van der Waals surface area (Å²) in [4.78, 5) is 31.9. The highest BCUT2D eigenvalue weighted by Crippen LogP contribution is 2.42. The number of likely N-dealkylation sites (tertiary alicyclic amines) is 1. The summed E-state index contributed by atoms with van der Waals surface area (Å²) in [5.74, 6) is 0.251. The molecule has 39 heavy (non-hydrogen) atoms. The zero-order valence-electron chi connectivity index (χ0n) is 23.7. The number of fused-ring (bicyclic) bond motifs is 2. The average molecular weight is 528 g/mol. The smallest absolute Gasteiger partial charge is 0.410 e. The van der Waals surface area contributed by atoms with Crippen LogP contribution in [-0.4, -0.2) is 54.4 Å². The summed E-state index contributed by atoms with van der Waals surface area (Å²) in [5, 5.41) is 10.6. The first-order chi connectivity index (χ1) is 18.5. The summed E-state index contributed by atoms with van der Waals surface area (Å²) in [7, 11) is 3.91. The third kappa shape index (κ3) is 5.06. The van der Waals surface area contributed by atoms with Crippen molar-refractivity contribution in [1.82, 2.24) is 9.47 Å². The molecular weight excluding hydrogens is 490 g/mol. The van der Waals surface area contributed by atoms with Crippen LogP contribution in [0.1, 0.15) is 56.2 Å². The molecule has 1 saturated heterocycles. The van der Waals surface area contributed by atoms with E-state index in [1.807, 2.05) is 59.0 Å². The Morgan fingerprint density at radius 2 is 1.69 bits per heavy atom. The van der Waals surface area contributed by atoms with E-state index < -0.39 is 5.60 Å². The highest BCUT2D eigenvalue weighted by Gasteiger charge is 2.30. The molecule has 8 heteroatoms. The molecule has 0 radical (unpaired) electrons. The minimum absolute atomic E-state index is 0.00381. The van der Waals surface area contributed by atoms with Crippen LogP contribution in [0.15, 0.2) is 41.2 Å². The fourth-order valence-corrected chi connectivity index (χ4v) is 5.78. The van der Waals surface area contributed by atoms with Crippen molar-refractivity contribution in [2.24, 2.45) is 7.05 Å². The second-order valence-corrected chi connectivity index (χ2v) is 11.8. The van der Waals surface area contributed by atoms with Gasteiger partial charge in [0.05, 0.1) is 34.2 Å². The van der Waals surface area contributed by atoms with Gasteiger partial charge in [0.25, 0.3) is 5.56 Å². The van der Waals surface area contributed by atoms with Crippen LogP contribution in [0.25, 0.3) is 10.9 Å². The van der Waals surface area contributed by atoms with Crippen molar-refractivity contribution >= 4 is 34.1 Å². The Hall–Kier alpha value is -3.99. The molecule has 0 saturated carbocycles. The standard InChI is InChI=1S/C31H37N5O3/c1-20-15-24-26(34(6)29(20)37)17-23(22-9-11-35(12-10-22)30(38)39-31(2,3)4)18-27(24)36-14-13-33(5)25-8-7-21(19-32)16-28(25)36/h7-8,15-18,22H,9-14H2,1-6H3. The number of ether oxygens (including phenoxy) is 1. The highest BCUT2D eigenvalue weighted by molar-refractivity contribution is 5.97. The van der Waals surface area contributed by atoms with Gasteiger partial charge < -0.3 is 24.0 Å². The Bertz CT molecular complexity index is 1540. The molecule has 2 aliphatic heterocycles. The van der Waals surface area contributed by atoms with Crippen molar-refractivity contribution in [2.45, 2.75) is 52.1 Å². The summed E-state index contributed by atoms with van der Waals surface area (Å²) in [6.45, 7) is 10.4. The zero-order valence-corrected chi connectivity index (χ0v) is 23.7. The van der Waals surface area contributed by atoms with Gasteiger partial charge in [-0.25, -0.2) is 4.79 Å². The maximum absolute atomic E-state index is 13.0. The molecular formula is C31H37N5O3. The van der Waals surface area contributed by atoms with Gasteiger partial charge in [0, 0.05) is 51.2 Å². The van der Waals surface area contributed by atoms with Crippen LogP contribution >= 0.6 is 0 Å². The molecule has 2 aromatic carbocycles. The number of likely N-dealkylation sites (N-methyl/N-ethyl adjacent to an activating group) is 1. The second-order valence-electron chi connectivity index (χ2n) is 11.8. The maximum Gasteiger partial charge on any atom is 0.410 e. The van der Waals surface area contributed by atoms with Crippen molar-refractivity contribution < 1.29 is 9.53 Å². The number of pyridine rings is 1. The number of piperidine rings is 1. The first kappa shape index (κ1) is 26.6. The summed E-state index contributed by atoms with van der Waals surface area (Å²) >= 11 is 0. The minimum Gasteiger partial charge on any atom is -0.444 e. The van der Waals surface area contributed by atoms with Gasteiger partial charge in [-0.1, -0.05) is 0 Å². The average Bonchev–Trinajstić information content (AvgIpc) is 2.91. The molecule has 0 bridgehead atoms. The fraction of sp³-hybridized carbons (Fsp3) is 0.452. The number of aromatic nitrogens is 1. The molecule has 0 atom stereocenters. The first-order valence-electron chi connectivity index (χ1n) is 13.6. The SMILES string of the molecule is Cc1cc2c(N3CCN(C)c4ccc(C#N)cc43)cc(C3CCN(C(=O)OC(C)(C)C)CC3)cc2n(C)c1=O. The Labute approximate surface area is 230 Å². The molecule has 3 heterocycles. The number of hydrogen-bond donors (Lipinski definition) is 0. The Morgan fingerprint density at radius 3 is 2.36 bits per heavy atom. The molecule has 0 unspecified atom stereocenters. The lowest BCUT2D eigenvalue weighted by molar-refractivity contribution is 0.0205. The van der Waals surface area contributed by atoms with Crippen LogP contribution in [0.5, 0.6) is 0 Å². The lowest BCUT2D eigenvalue weighted by atomic mass is 9.88. The molecule has 8 nitrogen and oxygen atoms in total. The minimum atomic E-state index is -0.520. The van der Waals surface area contributed by atoms with E-state index in [1.165, 1.54) is 0 Å². The van der Waals surface area contributed by atoms with Crippen LogP contribution in [0, 0.1) is 18.3 Å². The van der Waals surface area contributed by atoms with Crippen LogP contribution in [0.4, 0.5) is 21.9 Å². The highest BCUT2D eigenvalue weighted by atomic mass is 16.6. The topological polar surface area (TPSA) is 81.8 Å². The van der Waals surface area contributed by atoms with E-state index in [0.717, 1.165) is 59.5 Å². The monoisotopic (exact) mass is 527 g/mol. The predicted molar refractivity (Wildman–Crippen MR) is 155 cm³/mol. The Kier molecular flexibility index (Phi) is 6.79. The molecule has 3 aromatic rings. The number of benzene rings is 2. The summed E-state index contributed by atoms with van der Waals surface area (Å²) in [6, 6.07) is 14.5. The number of nitrogens with zero attached hydrogens (tertiary/aromatic N) is 5. The predicted octanol–water partition coefficient (Wildman–Crippen LogP) is 5.42. The van der Waals surface area contributed by atoms with Gasteiger partial charge >= 0.3 is 6.09 Å². The Morgan fingerprint density at radius 1 is 0.974 bits per heavy atom. The van der Waals surface area contributed by atoms with E-state index in [4.69, 9.17) is 4.74 Å². The molecule has 0 aliphatic carbocycles. The molecule has 0 N–H and O–H groups in total. The lowest BCUT2D eigenvalue weighted by Crippen LogP contribution is -2.41. The van der Waals surface area contributed by atoms with Crippen LogP contribution in [-0.2, 0) is 11.8 Å². The van der Waals surface area contributed by atoms with Crippen LogP contribution in [0.2, 0.25) is 0 Å². The number of carbonyl (C=O) groups is 1. The number of amides is 1. The lowest BCUT2D eigenvalue weighted by Gasteiger charge is -2.38. The van der Waals surface area contributed by atoms with Gasteiger partial charge in [-0.05, 0) is 88.4 Å². The quantitative estimate of drug-likeness (QED) is 0.443. The number of rotatable bonds is 2. The van der Waals surface area contributed by atoms with Crippen molar-refractivity contribution in [2.75, 3.05) is 43.0 Å². The van der Waals surface area contributed by atoms with E-state index in [0.29, 0.717) is 24.2 Å². The normalized spacial score (nSPS) is 16.3. The first-order valence-corrected chi connectivity index (χ1v) is 13.6. The fourth-order valence-electron chi connectivity index (χ4n) is 5.78. The van der Waals surface area contributed by atoms with Gasteiger partial charge in [-0.15, -0.1) is 0 Å². The maximum atomic E-state index is 13.0. The number of hydrogen-bond acceptors (Lipinski definition) is 6. The third-order valence-electron chi connectivity index (χ3n) is 7.90. The van der Waals surface area contributed by atoms with E-state index in [1.54, 1.807) is 9.47 Å². The largest absolute Gasteiger partial charge is 0.444 e. The van der Waals surface area contributed by atoms with Gasteiger partial charge in [0.1, 0.15) is 5.60 Å². The van der Waals surface area contributed by atoms with Crippen molar-refractivity contribution in [3.63, 3.8) is 0 Å². The van der Waals surface area contributed by atoms with Gasteiger partial charge in [0.2, 0.25) is 0 Å². The molecule has 1 fully saturated rings. The van der Waals surface area contributed by atoms with Crippen molar-refractivity contribution in [1.29, 1.82) is 5.26 Å². The Balaban J connectivity index is 1.58. The summed E-state index contributed by atoms with van der Waals surface area (Å²) < 4.78 is 7.34. The summed E-state index contributed by atoms with van der Waals surface area (Å²) in [5.41, 5.74) is 5.96. The summed E-state index contributed by atoms with van der Waals surface area (Å²) in [6.07, 6.45) is 1.38. The van der Waals surface area contributed by atoms with E-state index in [2.05, 4.69) is 35.0 Å². The number of carbonyl (C=O) groups excluding carboxylic acids is 1. The molecule has 1 aromatic heterocycles. The second kappa shape index (κ2) is 9.96. The van der Waals surface area contributed by atoms with E-state index in [9.17, 15) is 14.9 Å². The van der Waals surface area contributed by atoms with Crippen LogP contribution < -0.4 is 15.4 Å². The zero-order chi connectivity index (χ0) is 28.1. The van der Waals surface area contributed by atoms with Crippen LogP contribution in [0.3, 0.4) is 0 Å². The van der Waals surface area contributed by atoms with E-state index >= 15 is 0 Å².